The third-order valence-corrected chi connectivity index (χ3v) is 3.09. The fraction of sp³-hybridized carbons (Fsp3) is 0.222. The zero-order valence-electron chi connectivity index (χ0n) is 8.27. The molecule has 2 aromatic heterocycles. The fourth-order valence-corrected chi connectivity index (χ4v) is 2.04. The summed E-state index contributed by atoms with van der Waals surface area (Å²) in [4.78, 5) is 31.3. The van der Waals surface area contributed by atoms with E-state index in [0.29, 0.717) is 16.6 Å². The molecule has 0 radical (unpaired) electrons. The average molecular weight is 223 g/mol. The number of aromatic amines is 1. The van der Waals surface area contributed by atoms with Crippen LogP contribution in [0.25, 0.3) is 10.3 Å². The van der Waals surface area contributed by atoms with Gasteiger partial charge >= 0.3 is 0 Å². The second kappa shape index (κ2) is 3.47. The number of carbonyl (C=O) groups excluding carboxylic acids is 1. The van der Waals surface area contributed by atoms with Crippen LogP contribution in [0, 0.1) is 0 Å². The maximum absolute atomic E-state index is 11.3. The molecule has 0 unspecified atom stereocenters. The first-order valence-corrected chi connectivity index (χ1v) is 5.10. The zero-order valence-corrected chi connectivity index (χ0v) is 9.09. The topological polar surface area (TPSA) is 66.1 Å². The van der Waals surface area contributed by atoms with E-state index in [-0.39, 0.29) is 11.1 Å². The van der Waals surface area contributed by atoms with E-state index in [1.54, 1.807) is 0 Å². The molecule has 0 aromatic carbocycles. The van der Waals surface area contributed by atoms with Gasteiger partial charge in [0.25, 0.3) is 5.56 Å². The summed E-state index contributed by atoms with van der Waals surface area (Å²) >= 11 is 1.38. The normalized spacial score (nSPS) is 10.5. The number of thiazole rings is 1. The van der Waals surface area contributed by atoms with Crippen molar-refractivity contribution < 1.29 is 4.79 Å². The van der Waals surface area contributed by atoms with Gasteiger partial charge in [-0.1, -0.05) is 11.3 Å². The van der Waals surface area contributed by atoms with Crippen molar-refractivity contribution in [3.63, 3.8) is 0 Å². The van der Waals surface area contributed by atoms with Crippen LogP contribution < -0.4 is 10.5 Å². The van der Waals surface area contributed by atoms with Crippen molar-refractivity contribution in [2.75, 3.05) is 19.0 Å². The largest absolute Gasteiger partial charge is 0.354 e. The molecule has 5 nitrogen and oxygen atoms in total. The number of anilines is 1. The van der Waals surface area contributed by atoms with Crippen molar-refractivity contribution in [2.45, 2.75) is 0 Å². The molecule has 0 aliphatic heterocycles. The van der Waals surface area contributed by atoms with Gasteiger partial charge in [0.05, 0.1) is 5.56 Å². The number of hydrogen-bond donors (Lipinski definition) is 1. The van der Waals surface area contributed by atoms with Crippen molar-refractivity contribution in [3.8, 4) is 0 Å². The van der Waals surface area contributed by atoms with Gasteiger partial charge in [-0.25, -0.2) is 4.98 Å². The summed E-state index contributed by atoms with van der Waals surface area (Å²) in [7, 11) is 3.74. The van der Waals surface area contributed by atoms with E-state index >= 15 is 0 Å². The molecule has 0 spiro atoms. The molecular weight excluding hydrogens is 214 g/mol. The zero-order chi connectivity index (χ0) is 11.0. The number of aromatic nitrogens is 2. The van der Waals surface area contributed by atoms with Crippen LogP contribution in [-0.4, -0.2) is 30.3 Å². The van der Waals surface area contributed by atoms with Crippen molar-refractivity contribution >= 4 is 33.1 Å². The highest BCUT2D eigenvalue weighted by Crippen LogP contribution is 2.24. The summed E-state index contributed by atoms with van der Waals surface area (Å²) in [6.07, 6.45) is 0.535. The second-order valence-electron chi connectivity index (χ2n) is 3.28. The standard InChI is InChI=1S/C9H9N3O2S/c1-12(2)9-10-6-3-5(4-13)7(14)11-8(6)15-9/h3-4H,1-2H3,(H,11,14). The smallest absolute Gasteiger partial charge is 0.259 e. The van der Waals surface area contributed by atoms with E-state index in [0.717, 1.165) is 5.13 Å². The van der Waals surface area contributed by atoms with E-state index in [4.69, 9.17) is 0 Å². The molecule has 0 bridgehead atoms. The number of rotatable bonds is 2. The SMILES string of the molecule is CN(C)c1nc2cc(C=O)c(=O)[nH]c2s1. The molecule has 0 fully saturated rings. The molecule has 15 heavy (non-hydrogen) atoms. The summed E-state index contributed by atoms with van der Waals surface area (Å²) in [6, 6.07) is 1.50. The van der Waals surface area contributed by atoms with Crippen molar-refractivity contribution in [2.24, 2.45) is 0 Å². The quantitative estimate of drug-likeness (QED) is 0.767. The Morgan fingerprint density at radius 3 is 2.87 bits per heavy atom. The molecule has 0 amide bonds. The molecule has 0 aliphatic carbocycles. The minimum absolute atomic E-state index is 0.109. The Morgan fingerprint density at radius 1 is 1.53 bits per heavy atom. The van der Waals surface area contributed by atoms with Crippen LogP contribution in [0.2, 0.25) is 0 Å². The number of H-pyrrole nitrogens is 1. The first-order chi connectivity index (χ1) is 7.11. The number of fused-ring (bicyclic) bond motifs is 1. The Balaban J connectivity index is 2.72. The molecule has 0 atom stereocenters. The summed E-state index contributed by atoms with van der Waals surface area (Å²) in [5.41, 5.74) is 0.384. The molecule has 78 valence electrons. The van der Waals surface area contributed by atoms with Gasteiger partial charge in [-0.05, 0) is 6.07 Å². The Morgan fingerprint density at radius 2 is 2.27 bits per heavy atom. The summed E-state index contributed by atoms with van der Waals surface area (Å²) in [5, 5.41) is 0.795. The van der Waals surface area contributed by atoms with Crippen molar-refractivity contribution in [1.29, 1.82) is 0 Å². The monoisotopic (exact) mass is 223 g/mol. The third kappa shape index (κ3) is 1.63. The first kappa shape index (κ1) is 9.85. The molecule has 2 rings (SSSR count). The number of aldehydes is 1. The Bertz CT molecular complexity index is 570. The lowest BCUT2D eigenvalue weighted by Gasteiger charge is -2.04. The van der Waals surface area contributed by atoms with Crippen LogP contribution in [0.3, 0.4) is 0 Å². The summed E-state index contributed by atoms with van der Waals surface area (Å²) in [6.45, 7) is 0. The highest BCUT2D eigenvalue weighted by Gasteiger charge is 2.08. The molecule has 0 saturated carbocycles. The van der Waals surface area contributed by atoms with Gasteiger partial charge < -0.3 is 9.88 Å². The third-order valence-electron chi connectivity index (χ3n) is 1.93. The minimum atomic E-state index is -0.369. The lowest BCUT2D eigenvalue weighted by Crippen LogP contribution is -2.10. The van der Waals surface area contributed by atoms with Crippen LogP contribution in [0.15, 0.2) is 10.9 Å². The van der Waals surface area contributed by atoms with E-state index < -0.39 is 0 Å². The number of hydrogen-bond acceptors (Lipinski definition) is 5. The van der Waals surface area contributed by atoms with Crippen LogP contribution in [0.5, 0.6) is 0 Å². The minimum Gasteiger partial charge on any atom is -0.354 e. The van der Waals surface area contributed by atoms with E-state index in [1.807, 2.05) is 19.0 Å². The van der Waals surface area contributed by atoms with Gasteiger partial charge in [0, 0.05) is 14.1 Å². The fourth-order valence-electron chi connectivity index (χ4n) is 1.17. The summed E-state index contributed by atoms with van der Waals surface area (Å²) < 4.78 is 0. The van der Waals surface area contributed by atoms with Gasteiger partial charge in [-0.15, -0.1) is 0 Å². The Hall–Kier alpha value is -1.69. The second-order valence-corrected chi connectivity index (χ2v) is 4.25. The molecule has 2 heterocycles. The van der Waals surface area contributed by atoms with E-state index in [9.17, 15) is 9.59 Å². The van der Waals surface area contributed by atoms with Crippen LogP contribution in [-0.2, 0) is 0 Å². The number of nitrogens with one attached hydrogen (secondary N) is 1. The van der Waals surface area contributed by atoms with Gasteiger partial charge in [0.1, 0.15) is 10.3 Å². The van der Waals surface area contributed by atoms with Gasteiger partial charge in [0.15, 0.2) is 11.4 Å². The van der Waals surface area contributed by atoms with E-state index in [1.165, 1.54) is 17.4 Å². The lowest BCUT2D eigenvalue weighted by atomic mass is 10.3. The first-order valence-electron chi connectivity index (χ1n) is 4.28. The van der Waals surface area contributed by atoms with Crippen molar-refractivity contribution in [3.05, 3.63) is 22.0 Å². The van der Waals surface area contributed by atoms with E-state index in [2.05, 4.69) is 9.97 Å². The highest BCUT2D eigenvalue weighted by atomic mass is 32.1. The number of nitrogens with zero attached hydrogens (tertiary/aromatic N) is 2. The molecular formula is C9H9N3O2S. The predicted octanol–water partition coefficient (Wildman–Crippen LogP) is 0.863. The Kier molecular flexibility index (Phi) is 2.28. The highest BCUT2D eigenvalue weighted by molar-refractivity contribution is 7.21. The van der Waals surface area contributed by atoms with Crippen molar-refractivity contribution in [1.82, 2.24) is 9.97 Å². The molecule has 2 aromatic rings. The maximum atomic E-state index is 11.3. The number of carbonyl (C=O) groups is 1. The molecule has 6 heteroatoms. The van der Waals surface area contributed by atoms with Crippen LogP contribution >= 0.6 is 11.3 Å². The van der Waals surface area contributed by atoms with Crippen LogP contribution in [0.4, 0.5) is 5.13 Å². The van der Waals surface area contributed by atoms with Gasteiger partial charge in [-0.3, -0.25) is 9.59 Å². The molecule has 1 N–H and O–H groups in total. The predicted molar refractivity (Wildman–Crippen MR) is 60.0 cm³/mol. The molecule has 0 saturated heterocycles. The van der Waals surface area contributed by atoms with Crippen LogP contribution in [0.1, 0.15) is 10.4 Å². The van der Waals surface area contributed by atoms with Gasteiger partial charge in [0.2, 0.25) is 0 Å². The lowest BCUT2D eigenvalue weighted by molar-refractivity contribution is 0.112. The maximum Gasteiger partial charge on any atom is 0.259 e. The Labute approximate surface area is 89.4 Å². The molecule has 0 aliphatic rings. The number of pyridine rings is 1. The summed E-state index contributed by atoms with van der Waals surface area (Å²) in [5.74, 6) is 0. The average Bonchev–Trinajstić information content (AvgIpc) is 2.59. The van der Waals surface area contributed by atoms with Gasteiger partial charge in [-0.2, -0.15) is 0 Å².